The van der Waals surface area contributed by atoms with E-state index < -0.39 is 0 Å². The molecular weight excluding hydrogens is 420 g/mol. The molecule has 0 spiro atoms. The van der Waals surface area contributed by atoms with Gasteiger partial charge in [0.25, 0.3) is 5.91 Å². The van der Waals surface area contributed by atoms with E-state index in [0.717, 1.165) is 44.7 Å². The van der Waals surface area contributed by atoms with Gasteiger partial charge in [0.15, 0.2) is 0 Å². The van der Waals surface area contributed by atoms with Gasteiger partial charge in [-0.25, -0.2) is 5.43 Å². The van der Waals surface area contributed by atoms with Crippen molar-refractivity contribution in [1.82, 2.24) is 9.99 Å². The van der Waals surface area contributed by atoms with Crippen molar-refractivity contribution in [2.45, 2.75) is 20.8 Å². The average Bonchev–Trinajstić information content (AvgIpc) is 3.07. The van der Waals surface area contributed by atoms with Crippen molar-refractivity contribution < 1.29 is 4.79 Å². The van der Waals surface area contributed by atoms with Gasteiger partial charge in [0, 0.05) is 38.7 Å². The predicted molar refractivity (Wildman–Crippen MR) is 133 cm³/mol. The molecule has 0 radical (unpaired) electrons. The van der Waals surface area contributed by atoms with Crippen molar-refractivity contribution >= 4 is 40.2 Å². The lowest BCUT2D eigenvalue weighted by atomic mass is 10.1. The number of benzene rings is 3. The fourth-order valence-corrected chi connectivity index (χ4v) is 4.05. The van der Waals surface area contributed by atoms with E-state index in [2.05, 4.69) is 27.3 Å². The molecule has 0 bridgehead atoms. The van der Waals surface area contributed by atoms with E-state index in [4.69, 9.17) is 11.6 Å². The number of aromatic nitrogens is 1. The molecule has 3 aromatic carbocycles. The summed E-state index contributed by atoms with van der Waals surface area (Å²) < 4.78 is 2.15. The zero-order valence-corrected chi connectivity index (χ0v) is 19.1. The molecule has 32 heavy (non-hydrogen) atoms. The largest absolute Gasteiger partial charge is 0.376 e. The molecule has 0 aliphatic heterocycles. The maximum atomic E-state index is 12.3. The number of anilines is 1. The second-order valence-electron chi connectivity index (χ2n) is 7.77. The summed E-state index contributed by atoms with van der Waals surface area (Å²) in [4.78, 5) is 12.3. The van der Waals surface area contributed by atoms with Crippen LogP contribution in [0.1, 0.15) is 22.5 Å². The molecule has 4 rings (SSSR count). The van der Waals surface area contributed by atoms with Gasteiger partial charge in [-0.15, -0.1) is 0 Å². The normalized spacial score (nSPS) is 11.2. The van der Waals surface area contributed by atoms with E-state index >= 15 is 0 Å². The third-order valence-electron chi connectivity index (χ3n) is 5.50. The third-order valence-corrected chi connectivity index (χ3v) is 5.74. The summed E-state index contributed by atoms with van der Waals surface area (Å²) >= 11 is 6.21. The number of nitrogens with one attached hydrogen (secondary N) is 2. The number of hydrogen-bond acceptors (Lipinski definition) is 3. The number of amides is 1. The highest BCUT2D eigenvalue weighted by Gasteiger charge is 2.12. The number of carbonyl (C=O) groups excluding carboxylic acids is 1. The molecule has 1 amide bonds. The van der Waals surface area contributed by atoms with E-state index in [9.17, 15) is 4.79 Å². The minimum Gasteiger partial charge on any atom is -0.376 e. The lowest BCUT2D eigenvalue weighted by Gasteiger charge is -2.13. The molecular formula is C26H25ClN4O. The number of fused-ring (bicyclic) bond motifs is 1. The van der Waals surface area contributed by atoms with Crippen molar-refractivity contribution in [2.24, 2.45) is 5.10 Å². The third kappa shape index (κ3) is 4.53. The second kappa shape index (κ2) is 9.28. The number of rotatable bonds is 6. The Hall–Kier alpha value is -3.57. The Bertz CT molecular complexity index is 1320. The fraction of sp³-hybridized carbons (Fsp3) is 0.154. The second-order valence-corrected chi connectivity index (χ2v) is 8.20. The number of nitrogens with zero attached hydrogens (tertiary/aromatic N) is 2. The molecule has 0 unspecified atom stereocenters. The summed E-state index contributed by atoms with van der Waals surface area (Å²) in [5, 5.41) is 10.3. The van der Waals surface area contributed by atoms with Crippen LogP contribution in [0.5, 0.6) is 0 Å². The fourth-order valence-electron chi connectivity index (χ4n) is 3.88. The van der Waals surface area contributed by atoms with Crippen LogP contribution in [0.2, 0.25) is 5.02 Å². The van der Waals surface area contributed by atoms with E-state index in [1.807, 2.05) is 80.6 Å². The first-order valence-electron chi connectivity index (χ1n) is 10.4. The van der Waals surface area contributed by atoms with Crippen LogP contribution in [-0.4, -0.2) is 23.2 Å². The Kier molecular flexibility index (Phi) is 6.28. The quantitative estimate of drug-likeness (QED) is 0.293. The van der Waals surface area contributed by atoms with Gasteiger partial charge >= 0.3 is 0 Å². The molecule has 4 aromatic rings. The van der Waals surface area contributed by atoms with Crippen molar-refractivity contribution in [1.29, 1.82) is 0 Å². The maximum absolute atomic E-state index is 12.3. The molecule has 5 nitrogen and oxygen atoms in total. The Morgan fingerprint density at radius 3 is 2.66 bits per heavy atom. The van der Waals surface area contributed by atoms with Gasteiger partial charge in [-0.3, -0.25) is 4.79 Å². The van der Waals surface area contributed by atoms with Crippen LogP contribution in [0.4, 0.5) is 5.69 Å². The number of hydrogen-bond donors (Lipinski definition) is 2. The highest BCUT2D eigenvalue weighted by atomic mass is 35.5. The first-order valence-corrected chi connectivity index (χ1v) is 10.8. The van der Waals surface area contributed by atoms with Crippen LogP contribution < -0.4 is 10.7 Å². The summed E-state index contributed by atoms with van der Waals surface area (Å²) in [5.41, 5.74) is 8.72. The minimum atomic E-state index is -0.214. The molecule has 0 aliphatic carbocycles. The van der Waals surface area contributed by atoms with E-state index in [1.165, 1.54) is 0 Å². The van der Waals surface area contributed by atoms with Crippen LogP contribution in [-0.2, 0) is 4.79 Å². The number of carbonyl (C=O) groups is 1. The molecule has 0 fully saturated rings. The van der Waals surface area contributed by atoms with Crippen LogP contribution >= 0.6 is 11.6 Å². The van der Waals surface area contributed by atoms with Gasteiger partial charge in [-0.2, -0.15) is 5.10 Å². The first-order chi connectivity index (χ1) is 15.4. The number of hydrazone groups is 1. The van der Waals surface area contributed by atoms with Crippen LogP contribution in [0.3, 0.4) is 0 Å². The molecule has 0 saturated heterocycles. The molecule has 0 saturated carbocycles. The zero-order chi connectivity index (χ0) is 22.7. The monoisotopic (exact) mass is 444 g/mol. The number of halogens is 1. The average molecular weight is 445 g/mol. The van der Waals surface area contributed by atoms with Crippen molar-refractivity contribution in [3.8, 4) is 5.69 Å². The summed E-state index contributed by atoms with van der Waals surface area (Å²) in [6.45, 7) is 6.25. The van der Waals surface area contributed by atoms with Gasteiger partial charge < -0.3 is 9.88 Å². The lowest BCUT2D eigenvalue weighted by Crippen LogP contribution is -2.25. The highest BCUT2D eigenvalue weighted by Crippen LogP contribution is 2.25. The summed E-state index contributed by atoms with van der Waals surface area (Å²) in [7, 11) is 0. The number of aryl methyl sites for hydroxylation is 2. The van der Waals surface area contributed by atoms with Crippen LogP contribution in [0.15, 0.2) is 71.8 Å². The minimum absolute atomic E-state index is 0.131. The van der Waals surface area contributed by atoms with Crippen molar-refractivity contribution in [2.75, 3.05) is 11.9 Å². The predicted octanol–water partition coefficient (Wildman–Crippen LogP) is 5.77. The standard InChI is InChI=1S/C26H25ClN4O/c1-17-11-12-22(27)14-25(17)31-18(2)13-21(19(31)3)15-29-30-26(32)16-28-24-10-6-8-20-7-4-5-9-23(20)24/h4-15,28H,16H2,1-3H3,(H,30,32)/b29-15-. The summed E-state index contributed by atoms with van der Waals surface area (Å²) in [6.07, 6.45) is 1.68. The highest BCUT2D eigenvalue weighted by molar-refractivity contribution is 6.30. The first kappa shape index (κ1) is 21.7. The molecule has 1 heterocycles. The van der Waals surface area contributed by atoms with E-state index in [1.54, 1.807) is 6.21 Å². The molecule has 0 aliphatic rings. The molecule has 162 valence electrons. The lowest BCUT2D eigenvalue weighted by molar-refractivity contribution is -0.119. The Labute approximate surface area is 192 Å². The Morgan fingerprint density at radius 2 is 1.81 bits per heavy atom. The molecule has 2 N–H and O–H groups in total. The summed E-state index contributed by atoms with van der Waals surface area (Å²) in [6, 6.07) is 21.9. The van der Waals surface area contributed by atoms with Crippen molar-refractivity contribution in [3.63, 3.8) is 0 Å². The topological polar surface area (TPSA) is 58.4 Å². The molecule has 0 atom stereocenters. The van der Waals surface area contributed by atoms with Crippen molar-refractivity contribution in [3.05, 3.63) is 94.3 Å². The maximum Gasteiger partial charge on any atom is 0.259 e. The van der Waals surface area contributed by atoms with Gasteiger partial charge in [0.1, 0.15) is 0 Å². The SMILES string of the molecule is Cc1ccc(Cl)cc1-n1c(C)cc(/C=N\NC(=O)CNc2cccc3ccccc23)c1C. The summed E-state index contributed by atoms with van der Waals surface area (Å²) in [5.74, 6) is -0.214. The van der Waals surface area contributed by atoms with Gasteiger partial charge in [0.05, 0.1) is 12.8 Å². The molecule has 1 aromatic heterocycles. The van der Waals surface area contributed by atoms with Crippen LogP contribution in [0.25, 0.3) is 16.5 Å². The van der Waals surface area contributed by atoms with E-state index in [-0.39, 0.29) is 12.5 Å². The van der Waals surface area contributed by atoms with E-state index in [0.29, 0.717) is 5.02 Å². The smallest absolute Gasteiger partial charge is 0.259 e. The van der Waals surface area contributed by atoms with Gasteiger partial charge in [-0.1, -0.05) is 54.1 Å². The molecule has 6 heteroatoms. The van der Waals surface area contributed by atoms with Gasteiger partial charge in [0.2, 0.25) is 0 Å². The Morgan fingerprint density at radius 1 is 1.03 bits per heavy atom. The van der Waals surface area contributed by atoms with Gasteiger partial charge in [-0.05, 0) is 56.0 Å². The Balaban J connectivity index is 1.43. The zero-order valence-electron chi connectivity index (χ0n) is 18.3. The van der Waals surface area contributed by atoms with Crippen LogP contribution in [0, 0.1) is 20.8 Å².